The van der Waals surface area contributed by atoms with Crippen LogP contribution in [0.15, 0.2) is 30.3 Å². The van der Waals surface area contributed by atoms with Gasteiger partial charge in [-0.25, -0.2) is 0 Å². The Balaban J connectivity index is 2.00. The molecule has 0 radical (unpaired) electrons. The lowest BCUT2D eigenvalue weighted by Gasteiger charge is -2.39. The van der Waals surface area contributed by atoms with Crippen molar-refractivity contribution < 1.29 is 29.9 Å². The smallest absolute Gasteiger partial charge is 0.184 e. The Morgan fingerprint density at radius 3 is 2.37 bits per heavy atom. The maximum Gasteiger partial charge on any atom is 0.184 e. The number of hydrogen-bond acceptors (Lipinski definition) is 6. The van der Waals surface area contributed by atoms with E-state index in [1.807, 2.05) is 30.3 Å². The molecule has 106 valence electrons. The molecule has 1 fully saturated rings. The summed E-state index contributed by atoms with van der Waals surface area (Å²) >= 11 is 0. The summed E-state index contributed by atoms with van der Waals surface area (Å²) in [6, 6.07) is 9.26. The second-order valence-electron chi connectivity index (χ2n) is 4.49. The van der Waals surface area contributed by atoms with E-state index >= 15 is 0 Å². The van der Waals surface area contributed by atoms with Crippen molar-refractivity contribution in [1.29, 1.82) is 0 Å². The molecule has 1 aliphatic rings. The topological polar surface area (TPSA) is 99.4 Å². The van der Waals surface area contributed by atoms with Crippen molar-refractivity contribution in [2.75, 3.05) is 6.61 Å². The molecule has 1 aromatic carbocycles. The van der Waals surface area contributed by atoms with Crippen LogP contribution in [0.5, 0.6) is 0 Å². The lowest BCUT2D eigenvalue weighted by atomic mass is 9.99. The van der Waals surface area contributed by atoms with Crippen molar-refractivity contribution in [2.45, 2.75) is 37.3 Å². The Morgan fingerprint density at radius 1 is 1.05 bits per heavy atom. The van der Waals surface area contributed by atoms with Gasteiger partial charge in [-0.15, -0.1) is 0 Å². The molecule has 4 N–H and O–H groups in total. The third-order valence-electron chi connectivity index (χ3n) is 3.13. The molecule has 2 rings (SSSR count). The molecule has 6 nitrogen and oxygen atoms in total. The van der Waals surface area contributed by atoms with Crippen LogP contribution in [0.2, 0.25) is 0 Å². The second kappa shape index (κ2) is 6.42. The largest absolute Gasteiger partial charge is 0.394 e. The van der Waals surface area contributed by atoms with Gasteiger partial charge in [0.25, 0.3) is 0 Å². The van der Waals surface area contributed by atoms with E-state index in [2.05, 4.69) is 0 Å². The van der Waals surface area contributed by atoms with Gasteiger partial charge in [0.1, 0.15) is 24.4 Å². The molecule has 5 atom stereocenters. The van der Waals surface area contributed by atoms with Crippen molar-refractivity contribution in [3.63, 3.8) is 0 Å². The Hall–Kier alpha value is -1.02. The molecule has 0 aromatic heterocycles. The summed E-state index contributed by atoms with van der Waals surface area (Å²) in [5.41, 5.74) is 0.878. The van der Waals surface area contributed by atoms with Gasteiger partial charge in [-0.1, -0.05) is 30.3 Å². The van der Waals surface area contributed by atoms with Gasteiger partial charge in [0, 0.05) is 0 Å². The number of aliphatic hydroxyl groups is 4. The third-order valence-corrected chi connectivity index (χ3v) is 3.13. The summed E-state index contributed by atoms with van der Waals surface area (Å²) in [6.07, 6.45) is -6.03. The molecular weight excluding hydrogens is 252 g/mol. The van der Waals surface area contributed by atoms with Crippen LogP contribution in [-0.4, -0.2) is 57.7 Å². The van der Waals surface area contributed by atoms with Gasteiger partial charge >= 0.3 is 0 Å². The van der Waals surface area contributed by atoms with E-state index in [1.54, 1.807) is 0 Å². The predicted molar refractivity (Wildman–Crippen MR) is 65.0 cm³/mol. The first-order chi connectivity index (χ1) is 9.13. The fourth-order valence-corrected chi connectivity index (χ4v) is 2.03. The van der Waals surface area contributed by atoms with Crippen LogP contribution in [0.3, 0.4) is 0 Å². The quantitative estimate of drug-likeness (QED) is 0.560. The van der Waals surface area contributed by atoms with E-state index in [9.17, 15) is 15.3 Å². The van der Waals surface area contributed by atoms with Gasteiger partial charge in [0.15, 0.2) is 6.29 Å². The van der Waals surface area contributed by atoms with Crippen molar-refractivity contribution in [1.82, 2.24) is 0 Å². The van der Waals surface area contributed by atoms with Gasteiger partial charge in [-0.05, 0) is 5.56 Å². The maximum absolute atomic E-state index is 9.91. The minimum Gasteiger partial charge on any atom is -0.394 e. The number of ether oxygens (including phenoxy) is 2. The lowest BCUT2D eigenvalue weighted by molar-refractivity contribution is -0.296. The number of hydrogen-bond donors (Lipinski definition) is 4. The van der Waals surface area contributed by atoms with Crippen LogP contribution in [-0.2, 0) is 16.1 Å². The van der Waals surface area contributed by atoms with Crippen LogP contribution in [0, 0.1) is 0 Å². The van der Waals surface area contributed by atoms with E-state index in [0.717, 1.165) is 5.56 Å². The lowest BCUT2D eigenvalue weighted by Crippen LogP contribution is -2.59. The first-order valence-electron chi connectivity index (χ1n) is 6.09. The zero-order valence-corrected chi connectivity index (χ0v) is 10.3. The van der Waals surface area contributed by atoms with Crippen LogP contribution in [0.4, 0.5) is 0 Å². The van der Waals surface area contributed by atoms with E-state index in [4.69, 9.17) is 14.6 Å². The highest BCUT2D eigenvalue weighted by Crippen LogP contribution is 2.23. The van der Waals surface area contributed by atoms with E-state index in [0.29, 0.717) is 0 Å². The van der Waals surface area contributed by atoms with Gasteiger partial charge in [-0.2, -0.15) is 0 Å². The molecule has 1 saturated heterocycles. The van der Waals surface area contributed by atoms with Crippen LogP contribution < -0.4 is 0 Å². The first-order valence-corrected chi connectivity index (χ1v) is 6.09. The number of rotatable bonds is 4. The SMILES string of the molecule is OC[C@H]1O[C@@H](O)[C@H](O)[C@@H](OCc2ccccc2)[C@H]1O. The average Bonchev–Trinajstić information content (AvgIpc) is 2.44. The molecule has 0 amide bonds. The van der Waals surface area contributed by atoms with E-state index in [1.165, 1.54) is 0 Å². The van der Waals surface area contributed by atoms with Crippen LogP contribution in [0.1, 0.15) is 5.56 Å². The van der Waals surface area contributed by atoms with E-state index in [-0.39, 0.29) is 6.61 Å². The molecular formula is C13H18O6. The number of aliphatic hydroxyl groups excluding tert-OH is 4. The zero-order valence-electron chi connectivity index (χ0n) is 10.3. The molecule has 6 heteroatoms. The Kier molecular flexibility index (Phi) is 4.87. The predicted octanol–water partition coefficient (Wildman–Crippen LogP) is -0.997. The highest BCUT2D eigenvalue weighted by molar-refractivity contribution is 5.13. The van der Waals surface area contributed by atoms with Crippen LogP contribution in [0.25, 0.3) is 0 Å². The molecule has 0 saturated carbocycles. The van der Waals surface area contributed by atoms with Crippen LogP contribution >= 0.6 is 0 Å². The molecule has 0 aliphatic carbocycles. The minimum atomic E-state index is -1.48. The fraction of sp³-hybridized carbons (Fsp3) is 0.538. The second-order valence-corrected chi connectivity index (χ2v) is 4.49. The van der Waals surface area contributed by atoms with Gasteiger partial charge in [-0.3, -0.25) is 0 Å². The molecule has 19 heavy (non-hydrogen) atoms. The molecule has 1 aliphatic heterocycles. The summed E-state index contributed by atoms with van der Waals surface area (Å²) in [5, 5.41) is 38.2. The van der Waals surface area contributed by atoms with Crippen molar-refractivity contribution in [3.05, 3.63) is 35.9 Å². The number of benzene rings is 1. The van der Waals surface area contributed by atoms with Crippen molar-refractivity contribution >= 4 is 0 Å². The molecule has 1 aromatic rings. The fourth-order valence-electron chi connectivity index (χ4n) is 2.03. The minimum absolute atomic E-state index is 0.185. The monoisotopic (exact) mass is 270 g/mol. The summed E-state index contributed by atoms with van der Waals surface area (Å²) in [5.74, 6) is 0. The van der Waals surface area contributed by atoms with Crippen molar-refractivity contribution in [3.8, 4) is 0 Å². The highest BCUT2D eigenvalue weighted by Gasteiger charge is 2.44. The maximum atomic E-state index is 9.91. The Bertz CT molecular complexity index is 384. The van der Waals surface area contributed by atoms with Gasteiger partial charge < -0.3 is 29.9 Å². The summed E-state index contributed by atoms with van der Waals surface area (Å²) < 4.78 is 10.3. The Labute approximate surface area is 110 Å². The van der Waals surface area contributed by atoms with E-state index < -0.39 is 37.3 Å². The molecule has 0 spiro atoms. The average molecular weight is 270 g/mol. The summed E-state index contributed by atoms with van der Waals surface area (Å²) in [7, 11) is 0. The molecule has 1 heterocycles. The van der Waals surface area contributed by atoms with Gasteiger partial charge in [0.2, 0.25) is 0 Å². The van der Waals surface area contributed by atoms with Crippen molar-refractivity contribution in [2.24, 2.45) is 0 Å². The first kappa shape index (κ1) is 14.4. The summed E-state index contributed by atoms with van der Waals surface area (Å²) in [6.45, 7) is -0.277. The highest BCUT2D eigenvalue weighted by atomic mass is 16.6. The molecule has 0 unspecified atom stereocenters. The third kappa shape index (κ3) is 3.30. The zero-order chi connectivity index (χ0) is 13.8. The van der Waals surface area contributed by atoms with Gasteiger partial charge in [0.05, 0.1) is 13.2 Å². The Morgan fingerprint density at radius 2 is 1.74 bits per heavy atom. The summed E-state index contributed by atoms with van der Waals surface area (Å²) in [4.78, 5) is 0. The normalized spacial score (nSPS) is 35.3. The standard InChI is InChI=1S/C13H18O6/c14-6-9-10(15)12(11(16)13(17)19-9)18-7-8-4-2-1-3-5-8/h1-5,9-17H,6-7H2/t9-,10+,11-,12+,13-/m1/s1. The molecule has 0 bridgehead atoms.